The fraction of sp³-hybridized carbons (Fsp3) is 0.250. The van der Waals surface area contributed by atoms with Crippen LogP contribution in [-0.2, 0) is 6.61 Å². The predicted octanol–water partition coefficient (Wildman–Crippen LogP) is 4.19. The van der Waals surface area contributed by atoms with Crippen molar-refractivity contribution in [2.24, 2.45) is 0 Å². The lowest BCUT2D eigenvalue weighted by Crippen LogP contribution is -2.01. The second-order valence-electron chi connectivity index (χ2n) is 4.42. The zero-order valence-corrected chi connectivity index (χ0v) is 10.7. The van der Waals surface area contributed by atoms with Crippen molar-refractivity contribution >= 4 is 0 Å². The molecule has 2 rings (SSSR count). The van der Waals surface area contributed by atoms with Crippen LogP contribution in [-0.4, -0.2) is 0 Å². The molecule has 0 heterocycles. The summed E-state index contributed by atoms with van der Waals surface area (Å²) in [5.74, 6) is 0.968. The SMILES string of the molecule is Cc1ccccc1OCc1c(C)cccc1C. The molecule has 0 amide bonds. The van der Waals surface area contributed by atoms with Gasteiger partial charge in [-0.25, -0.2) is 0 Å². The summed E-state index contributed by atoms with van der Waals surface area (Å²) in [6, 6.07) is 14.5. The molecule has 0 spiro atoms. The fourth-order valence-corrected chi connectivity index (χ4v) is 1.94. The van der Waals surface area contributed by atoms with Crippen molar-refractivity contribution < 1.29 is 4.74 Å². The highest BCUT2D eigenvalue weighted by Gasteiger charge is 2.04. The van der Waals surface area contributed by atoms with Crippen molar-refractivity contribution in [3.8, 4) is 5.75 Å². The van der Waals surface area contributed by atoms with Crippen molar-refractivity contribution in [3.05, 3.63) is 64.7 Å². The van der Waals surface area contributed by atoms with Crippen LogP contribution >= 0.6 is 0 Å². The zero-order chi connectivity index (χ0) is 12.3. The van der Waals surface area contributed by atoms with E-state index in [0.717, 1.165) is 5.75 Å². The lowest BCUT2D eigenvalue weighted by atomic mass is 10.0. The average Bonchev–Trinajstić information content (AvgIpc) is 2.30. The number of aryl methyl sites for hydroxylation is 3. The lowest BCUT2D eigenvalue weighted by molar-refractivity contribution is 0.302. The summed E-state index contributed by atoms with van der Waals surface area (Å²) in [4.78, 5) is 0. The third-order valence-electron chi connectivity index (χ3n) is 3.11. The first-order valence-corrected chi connectivity index (χ1v) is 5.92. The number of rotatable bonds is 3. The molecule has 2 aromatic rings. The van der Waals surface area contributed by atoms with Gasteiger partial charge in [-0.05, 0) is 49.1 Å². The number of para-hydroxylation sites is 1. The van der Waals surface area contributed by atoms with Gasteiger partial charge in [-0.15, -0.1) is 0 Å². The molecule has 2 aromatic carbocycles. The van der Waals surface area contributed by atoms with Crippen molar-refractivity contribution in [2.75, 3.05) is 0 Å². The first-order chi connectivity index (χ1) is 8.18. The summed E-state index contributed by atoms with van der Waals surface area (Å²) in [6.07, 6.45) is 0. The van der Waals surface area contributed by atoms with Gasteiger partial charge in [-0.2, -0.15) is 0 Å². The van der Waals surface area contributed by atoms with Crippen LogP contribution in [0.1, 0.15) is 22.3 Å². The van der Waals surface area contributed by atoms with Crippen molar-refractivity contribution in [3.63, 3.8) is 0 Å². The Kier molecular flexibility index (Phi) is 3.48. The topological polar surface area (TPSA) is 9.23 Å². The number of benzene rings is 2. The summed E-state index contributed by atoms with van der Waals surface area (Å²) in [5.41, 5.74) is 5.05. The van der Waals surface area contributed by atoms with E-state index in [9.17, 15) is 0 Å². The molecule has 0 saturated carbocycles. The molecular formula is C16H18O. The molecule has 0 bridgehead atoms. The maximum absolute atomic E-state index is 5.88. The Hall–Kier alpha value is -1.76. The average molecular weight is 226 g/mol. The van der Waals surface area contributed by atoms with Crippen molar-refractivity contribution in [1.29, 1.82) is 0 Å². The van der Waals surface area contributed by atoms with Crippen molar-refractivity contribution in [1.82, 2.24) is 0 Å². The molecule has 0 fully saturated rings. The molecule has 0 unspecified atom stereocenters. The van der Waals surface area contributed by atoms with Gasteiger partial charge in [0.1, 0.15) is 12.4 Å². The van der Waals surface area contributed by atoms with E-state index in [1.807, 2.05) is 18.2 Å². The van der Waals surface area contributed by atoms with Gasteiger partial charge in [0.2, 0.25) is 0 Å². The van der Waals surface area contributed by atoms with Gasteiger partial charge >= 0.3 is 0 Å². The Morgan fingerprint density at radius 3 is 2.00 bits per heavy atom. The molecule has 0 aliphatic heterocycles. The van der Waals surface area contributed by atoms with Gasteiger partial charge in [0.05, 0.1) is 0 Å². The Balaban J connectivity index is 2.16. The van der Waals surface area contributed by atoms with E-state index in [1.165, 1.54) is 22.3 Å². The van der Waals surface area contributed by atoms with E-state index < -0.39 is 0 Å². The molecule has 0 aliphatic carbocycles. The number of hydrogen-bond donors (Lipinski definition) is 0. The van der Waals surface area contributed by atoms with Crippen LogP contribution in [0.25, 0.3) is 0 Å². The number of hydrogen-bond acceptors (Lipinski definition) is 1. The first-order valence-electron chi connectivity index (χ1n) is 5.92. The lowest BCUT2D eigenvalue weighted by Gasteiger charge is -2.12. The minimum atomic E-state index is 0.642. The van der Waals surface area contributed by atoms with Crippen LogP contribution in [0.15, 0.2) is 42.5 Å². The highest BCUT2D eigenvalue weighted by atomic mass is 16.5. The Morgan fingerprint density at radius 2 is 1.35 bits per heavy atom. The normalized spacial score (nSPS) is 10.3. The first kappa shape index (κ1) is 11.7. The molecule has 0 aliphatic rings. The van der Waals surface area contributed by atoms with E-state index in [1.54, 1.807) is 0 Å². The summed E-state index contributed by atoms with van der Waals surface area (Å²) < 4.78 is 5.88. The van der Waals surface area contributed by atoms with E-state index in [-0.39, 0.29) is 0 Å². The minimum Gasteiger partial charge on any atom is -0.489 e. The smallest absolute Gasteiger partial charge is 0.122 e. The van der Waals surface area contributed by atoms with Crippen LogP contribution in [0.2, 0.25) is 0 Å². The standard InChI is InChI=1S/C16H18O/c1-12-8-6-9-13(2)15(12)11-17-16-10-5-4-7-14(16)3/h4-10H,11H2,1-3H3. The van der Waals surface area contributed by atoms with Crippen LogP contribution in [0, 0.1) is 20.8 Å². The van der Waals surface area contributed by atoms with E-state index >= 15 is 0 Å². The van der Waals surface area contributed by atoms with Crippen LogP contribution < -0.4 is 4.74 Å². The molecule has 1 nitrogen and oxygen atoms in total. The van der Waals surface area contributed by atoms with Gasteiger partial charge < -0.3 is 4.74 Å². The molecule has 0 saturated heterocycles. The molecular weight excluding hydrogens is 208 g/mol. The highest BCUT2D eigenvalue weighted by Crippen LogP contribution is 2.20. The Labute approximate surface area is 103 Å². The minimum absolute atomic E-state index is 0.642. The Bertz CT molecular complexity index is 494. The van der Waals surface area contributed by atoms with Gasteiger partial charge in [0, 0.05) is 0 Å². The summed E-state index contributed by atoms with van der Waals surface area (Å²) in [5, 5.41) is 0. The molecule has 17 heavy (non-hydrogen) atoms. The van der Waals surface area contributed by atoms with Crippen LogP contribution in [0.3, 0.4) is 0 Å². The van der Waals surface area contributed by atoms with Gasteiger partial charge in [-0.1, -0.05) is 36.4 Å². The monoisotopic (exact) mass is 226 g/mol. The second kappa shape index (κ2) is 5.05. The molecule has 0 radical (unpaired) electrons. The van der Waals surface area contributed by atoms with Gasteiger partial charge in [-0.3, -0.25) is 0 Å². The summed E-state index contributed by atoms with van der Waals surface area (Å²) in [7, 11) is 0. The second-order valence-corrected chi connectivity index (χ2v) is 4.42. The molecule has 88 valence electrons. The maximum Gasteiger partial charge on any atom is 0.122 e. The van der Waals surface area contributed by atoms with E-state index in [0.29, 0.717) is 6.61 Å². The molecule has 1 heteroatoms. The largest absolute Gasteiger partial charge is 0.489 e. The van der Waals surface area contributed by atoms with Gasteiger partial charge in [0.15, 0.2) is 0 Å². The summed E-state index contributed by atoms with van der Waals surface area (Å²) >= 11 is 0. The third-order valence-corrected chi connectivity index (χ3v) is 3.11. The Morgan fingerprint density at radius 1 is 0.765 bits per heavy atom. The third kappa shape index (κ3) is 2.68. The quantitative estimate of drug-likeness (QED) is 0.762. The molecule has 0 atom stereocenters. The van der Waals surface area contributed by atoms with E-state index in [2.05, 4.69) is 45.0 Å². The van der Waals surface area contributed by atoms with Crippen LogP contribution in [0.4, 0.5) is 0 Å². The van der Waals surface area contributed by atoms with Gasteiger partial charge in [0.25, 0.3) is 0 Å². The van der Waals surface area contributed by atoms with E-state index in [4.69, 9.17) is 4.74 Å². The summed E-state index contributed by atoms with van der Waals surface area (Å²) in [6.45, 7) is 6.97. The number of ether oxygens (including phenoxy) is 1. The molecule has 0 N–H and O–H groups in total. The highest BCUT2D eigenvalue weighted by molar-refractivity contribution is 5.35. The predicted molar refractivity (Wildman–Crippen MR) is 71.4 cm³/mol. The molecule has 0 aromatic heterocycles. The zero-order valence-electron chi connectivity index (χ0n) is 10.7. The maximum atomic E-state index is 5.88. The van der Waals surface area contributed by atoms with Crippen LogP contribution in [0.5, 0.6) is 5.75 Å². The van der Waals surface area contributed by atoms with Crippen molar-refractivity contribution in [2.45, 2.75) is 27.4 Å². The fourth-order valence-electron chi connectivity index (χ4n) is 1.94.